The van der Waals surface area contributed by atoms with Gasteiger partial charge in [0.15, 0.2) is 0 Å². The van der Waals surface area contributed by atoms with Crippen molar-refractivity contribution in [3.8, 4) is 0 Å². The Hall–Kier alpha value is -3.19. The third-order valence-electron chi connectivity index (χ3n) is 4.56. The number of pyridine rings is 1. The first-order valence-electron chi connectivity index (χ1n) is 9.18. The summed E-state index contributed by atoms with van der Waals surface area (Å²) in [5, 5.41) is 3.49. The highest BCUT2D eigenvalue weighted by molar-refractivity contribution is 7.99. The Morgan fingerprint density at radius 3 is 2.83 bits per heavy atom. The van der Waals surface area contributed by atoms with Crippen molar-refractivity contribution in [1.82, 2.24) is 4.98 Å². The smallest absolute Gasteiger partial charge is 0.261 e. The van der Waals surface area contributed by atoms with Crippen molar-refractivity contribution >= 4 is 35.0 Å². The summed E-state index contributed by atoms with van der Waals surface area (Å²) in [7, 11) is 0. The van der Waals surface area contributed by atoms with Crippen molar-refractivity contribution < 1.29 is 14.0 Å². The van der Waals surface area contributed by atoms with E-state index >= 15 is 0 Å². The molecule has 0 atom stereocenters. The zero-order valence-corrected chi connectivity index (χ0v) is 16.5. The second-order valence-corrected chi connectivity index (χ2v) is 7.58. The van der Waals surface area contributed by atoms with Gasteiger partial charge in [0.05, 0.1) is 17.7 Å². The van der Waals surface area contributed by atoms with Crippen LogP contribution < -0.4 is 10.2 Å². The number of aromatic nitrogens is 1. The lowest BCUT2D eigenvalue weighted by atomic mass is 10.1. The number of carbonyl (C=O) groups is 2. The molecule has 3 aromatic rings. The molecule has 4 rings (SSSR count). The van der Waals surface area contributed by atoms with Crippen molar-refractivity contribution in [3.63, 3.8) is 0 Å². The van der Waals surface area contributed by atoms with Gasteiger partial charge in [-0.2, -0.15) is 0 Å². The minimum absolute atomic E-state index is 0.0753. The summed E-state index contributed by atoms with van der Waals surface area (Å²) in [6.45, 7) is 2.44. The van der Waals surface area contributed by atoms with E-state index < -0.39 is 0 Å². The molecule has 146 valence electrons. The largest absolute Gasteiger partial charge is 0.326 e. The average Bonchev–Trinajstić information content (AvgIpc) is 2.81. The predicted octanol–water partition coefficient (Wildman–Crippen LogP) is 4.53. The van der Waals surface area contributed by atoms with Crippen molar-refractivity contribution in [2.24, 2.45) is 0 Å². The van der Waals surface area contributed by atoms with Crippen LogP contribution in [0.3, 0.4) is 0 Å². The van der Waals surface area contributed by atoms with Crippen LogP contribution in [0.1, 0.15) is 22.8 Å². The minimum atomic E-state index is -0.368. The second-order valence-electron chi connectivity index (χ2n) is 6.54. The number of rotatable bonds is 4. The molecule has 0 fully saturated rings. The van der Waals surface area contributed by atoms with Gasteiger partial charge in [-0.1, -0.05) is 23.9 Å². The molecule has 0 aliphatic carbocycles. The maximum Gasteiger partial charge on any atom is 0.261 e. The van der Waals surface area contributed by atoms with Crippen LogP contribution in [0.5, 0.6) is 0 Å². The highest BCUT2D eigenvalue weighted by Gasteiger charge is 2.27. The van der Waals surface area contributed by atoms with Crippen LogP contribution in [-0.4, -0.2) is 23.3 Å². The van der Waals surface area contributed by atoms with E-state index in [4.69, 9.17) is 0 Å². The maximum atomic E-state index is 13.3. The van der Waals surface area contributed by atoms with Gasteiger partial charge in [0.1, 0.15) is 10.8 Å². The predicted molar refractivity (Wildman–Crippen MR) is 111 cm³/mol. The highest BCUT2D eigenvalue weighted by atomic mass is 32.2. The Bertz CT molecular complexity index is 1100. The lowest BCUT2D eigenvalue weighted by Crippen LogP contribution is -2.30. The molecule has 29 heavy (non-hydrogen) atoms. The van der Waals surface area contributed by atoms with Crippen molar-refractivity contribution in [3.05, 3.63) is 77.7 Å². The van der Waals surface area contributed by atoms with Gasteiger partial charge in [0.25, 0.3) is 5.91 Å². The number of hydrogen-bond donors (Lipinski definition) is 1. The molecule has 0 bridgehead atoms. The summed E-state index contributed by atoms with van der Waals surface area (Å²) in [6.07, 6.45) is 1.73. The van der Waals surface area contributed by atoms with Gasteiger partial charge in [-0.3, -0.25) is 9.59 Å². The fourth-order valence-corrected chi connectivity index (χ4v) is 4.30. The van der Waals surface area contributed by atoms with Crippen molar-refractivity contribution in [2.75, 3.05) is 16.8 Å². The van der Waals surface area contributed by atoms with Gasteiger partial charge in [-0.25, -0.2) is 9.37 Å². The first-order chi connectivity index (χ1) is 14.0. The molecule has 2 aromatic carbocycles. The minimum Gasteiger partial charge on any atom is -0.326 e. The summed E-state index contributed by atoms with van der Waals surface area (Å²) >= 11 is 1.40. The van der Waals surface area contributed by atoms with Crippen LogP contribution in [-0.2, 0) is 11.2 Å². The molecular formula is C22H18FN3O2S. The lowest BCUT2D eigenvalue weighted by Gasteiger charge is -2.21. The van der Waals surface area contributed by atoms with Gasteiger partial charge in [-0.05, 0) is 55.0 Å². The monoisotopic (exact) mass is 407 g/mol. The number of nitrogens with zero attached hydrogens (tertiary/aromatic N) is 2. The molecule has 0 unspecified atom stereocenters. The van der Waals surface area contributed by atoms with Crippen LogP contribution in [0.4, 0.5) is 15.8 Å². The number of benzene rings is 2. The van der Waals surface area contributed by atoms with E-state index in [2.05, 4.69) is 10.3 Å². The fourth-order valence-electron chi connectivity index (χ4n) is 3.24. The van der Waals surface area contributed by atoms with E-state index in [0.29, 0.717) is 28.4 Å². The molecule has 0 saturated heterocycles. The Morgan fingerprint density at radius 1 is 1.17 bits per heavy atom. The quantitative estimate of drug-likeness (QED) is 0.690. The molecule has 5 nitrogen and oxygen atoms in total. The molecule has 0 saturated carbocycles. The molecule has 0 radical (unpaired) electrons. The number of nitrogens with one attached hydrogen (secondary N) is 1. The van der Waals surface area contributed by atoms with E-state index in [0.717, 1.165) is 10.6 Å². The SMILES string of the molecule is CCN1C(=O)c2cccnc2Sc2cc(NC(=O)Cc3cccc(F)c3)ccc21. The van der Waals surface area contributed by atoms with Crippen LogP contribution in [0.2, 0.25) is 0 Å². The van der Waals surface area contributed by atoms with Gasteiger partial charge in [-0.15, -0.1) is 0 Å². The molecular weight excluding hydrogens is 389 g/mol. The summed E-state index contributed by atoms with van der Waals surface area (Å²) in [5.74, 6) is -0.701. The molecule has 1 aromatic heterocycles. The Balaban J connectivity index is 1.60. The number of fused-ring (bicyclic) bond motifs is 2. The fraction of sp³-hybridized carbons (Fsp3) is 0.136. The summed E-state index contributed by atoms with van der Waals surface area (Å²) in [4.78, 5) is 32.2. The van der Waals surface area contributed by atoms with E-state index in [1.54, 1.807) is 41.4 Å². The van der Waals surface area contributed by atoms with Crippen LogP contribution in [0.15, 0.2) is 70.7 Å². The number of amides is 2. The molecule has 0 spiro atoms. The van der Waals surface area contributed by atoms with Gasteiger partial charge in [0.2, 0.25) is 5.91 Å². The summed E-state index contributed by atoms with van der Waals surface area (Å²) < 4.78 is 13.3. The normalized spacial score (nSPS) is 12.8. The third-order valence-corrected chi connectivity index (χ3v) is 5.62. The Labute approximate surface area is 172 Å². The van der Waals surface area contributed by atoms with Crippen LogP contribution >= 0.6 is 11.8 Å². The van der Waals surface area contributed by atoms with E-state index in [1.807, 2.05) is 19.1 Å². The number of anilines is 2. The van der Waals surface area contributed by atoms with E-state index in [1.165, 1.54) is 23.9 Å². The molecule has 1 aliphatic heterocycles. The highest BCUT2D eigenvalue weighted by Crippen LogP contribution is 2.41. The van der Waals surface area contributed by atoms with Crippen LogP contribution in [0.25, 0.3) is 0 Å². The second kappa shape index (κ2) is 8.05. The summed E-state index contributed by atoms with van der Waals surface area (Å²) in [6, 6.07) is 14.9. The number of halogens is 1. The topological polar surface area (TPSA) is 62.3 Å². The van der Waals surface area contributed by atoms with Crippen molar-refractivity contribution in [2.45, 2.75) is 23.3 Å². The average molecular weight is 407 g/mol. The standard InChI is InChI=1S/C22H18FN3O2S/c1-2-26-18-9-8-16(25-20(27)12-14-5-3-6-15(23)11-14)13-19(18)29-21-17(22(26)28)7-4-10-24-21/h3-11,13H,2,12H2,1H3,(H,25,27). The van der Waals surface area contributed by atoms with Crippen molar-refractivity contribution in [1.29, 1.82) is 0 Å². The van der Waals surface area contributed by atoms with Gasteiger partial charge in [0, 0.05) is 23.3 Å². The lowest BCUT2D eigenvalue weighted by molar-refractivity contribution is -0.115. The molecule has 1 N–H and O–H groups in total. The molecule has 1 aliphatic rings. The van der Waals surface area contributed by atoms with Gasteiger partial charge < -0.3 is 10.2 Å². The maximum absolute atomic E-state index is 13.3. The first kappa shape index (κ1) is 19.1. The molecule has 2 heterocycles. The number of hydrogen-bond acceptors (Lipinski definition) is 4. The van der Waals surface area contributed by atoms with E-state index in [9.17, 15) is 14.0 Å². The molecule has 2 amide bonds. The molecule has 7 heteroatoms. The number of carbonyl (C=O) groups excluding carboxylic acids is 2. The Morgan fingerprint density at radius 2 is 2.03 bits per heavy atom. The Kier molecular flexibility index (Phi) is 5.31. The van der Waals surface area contributed by atoms with Gasteiger partial charge >= 0.3 is 0 Å². The zero-order valence-electron chi connectivity index (χ0n) is 15.7. The zero-order chi connectivity index (χ0) is 20.4. The third kappa shape index (κ3) is 4.00. The van der Waals surface area contributed by atoms with Crippen LogP contribution in [0, 0.1) is 5.82 Å². The van der Waals surface area contributed by atoms with E-state index in [-0.39, 0.29) is 24.1 Å². The summed E-state index contributed by atoms with van der Waals surface area (Å²) in [5.41, 5.74) is 2.56. The first-order valence-corrected chi connectivity index (χ1v) is 10.00.